The Bertz CT molecular complexity index is 1040. The van der Waals surface area contributed by atoms with Crippen LogP contribution in [-0.4, -0.2) is 46.1 Å². The molecule has 1 fully saturated rings. The number of Topliss-reactive ketones (excluding diaryl/α,β-unsaturated/α-hetero) is 1. The number of carboxylic acids is 1. The number of ketones is 1. The Balaban J connectivity index is 1.80. The minimum absolute atomic E-state index is 0.0413. The van der Waals surface area contributed by atoms with E-state index in [4.69, 9.17) is 14.6 Å². The molecule has 0 saturated carbocycles. The van der Waals surface area contributed by atoms with E-state index in [1.54, 1.807) is 48.5 Å². The number of hydrogen-bond acceptors (Lipinski definition) is 6. The number of fused-ring (bicyclic) bond motifs is 1. The van der Waals surface area contributed by atoms with Crippen molar-refractivity contribution in [1.82, 2.24) is 4.90 Å². The first-order valence-electron chi connectivity index (χ1n) is 9.42. The number of aliphatic hydroxyl groups excluding tert-OH is 1. The van der Waals surface area contributed by atoms with E-state index in [-0.39, 0.29) is 37.5 Å². The minimum atomic E-state index is -0.990. The lowest BCUT2D eigenvalue weighted by Gasteiger charge is -2.25. The molecule has 2 aromatic carbocycles. The van der Waals surface area contributed by atoms with E-state index in [1.165, 1.54) is 4.90 Å². The summed E-state index contributed by atoms with van der Waals surface area (Å²) in [7, 11) is 0. The third-order valence-electron chi connectivity index (χ3n) is 5.09. The summed E-state index contributed by atoms with van der Waals surface area (Å²) in [6.07, 6.45) is 0.0321. The van der Waals surface area contributed by atoms with Gasteiger partial charge in [0.05, 0.1) is 11.6 Å². The molecule has 4 rings (SSSR count). The second-order valence-corrected chi connectivity index (χ2v) is 6.97. The largest absolute Gasteiger partial charge is 0.507 e. The summed E-state index contributed by atoms with van der Waals surface area (Å²) in [5, 5.41) is 19.8. The number of carbonyl (C=O) groups is 3. The van der Waals surface area contributed by atoms with Crippen LogP contribution in [0.25, 0.3) is 5.76 Å². The third kappa shape index (κ3) is 3.47. The molecular formula is C22H19NO7. The Morgan fingerprint density at radius 2 is 1.77 bits per heavy atom. The highest BCUT2D eigenvalue weighted by Crippen LogP contribution is 2.43. The summed E-state index contributed by atoms with van der Waals surface area (Å²) < 4.78 is 10.7. The molecule has 2 N–H and O–H groups in total. The van der Waals surface area contributed by atoms with Crippen molar-refractivity contribution >= 4 is 23.4 Å². The van der Waals surface area contributed by atoms with Gasteiger partial charge in [-0.25, -0.2) is 0 Å². The van der Waals surface area contributed by atoms with Crippen molar-refractivity contribution in [1.29, 1.82) is 0 Å². The Labute approximate surface area is 171 Å². The van der Waals surface area contributed by atoms with Crippen molar-refractivity contribution in [2.75, 3.05) is 13.3 Å². The highest BCUT2D eigenvalue weighted by Gasteiger charge is 2.46. The maximum absolute atomic E-state index is 12.9. The lowest BCUT2D eigenvalue weighted by molar-refractivity contribution is -0.140. The Kier molecular flexibility index (Phi) is 5.14. The van der Waals surface area contributed by atoms with Crippen LogP contribution in [0, 0.1) is 0 Å². The first kappa shape index (κ1) is 19.5. The van der Waals surface area contributed by atoms with Crippen LogP contribution in [-0.2, 0) is 14.4 Å². The Morgan fingerprint density at radius 3 is 2.50 bits per heavy atom. The van der Waals surface area contributed by atoms with Crippen LogP contribution in [0.2, 0.25) is 0 Å². The van der Waals surface area contributed by atoms with Crippen molar-refractivity contribution in [2.45, 2.75) is 18.9 Å². The van der Waals surface area contributed by atoms with E-state index in [2.05, 4.69) is 0 Å². The first-order chi connectivity index (χ1) is 14.5. The van der Waals surface area contributed by atoms with Crippen LogP contribution in [0.1, 0.15) is 30.0 Å². The van der Waals surface area contributed by atoms with Gasteiger partial charge in [-0.3, -0.25) is 14.4 Å². The second-order valence-electron chi connectivity index (χ2n) is 6.97. The van der Waals surface area contributed by atoms with Gasteiger partial charge in [0.1, 0.15) is 5.76 Å². The Hall–Kier alpha value is -3.81. The molecule has 154 valence electrons. The minimum Gasteiger partial charge on any atom is -0.507 e. The fraction of sp³-hybridized carbons (Fsp3) is 0.227. The number of amides is 1. The number of benzene rings is 2. The SMILES string of the molecule is O=C(O)CCCN1C(=O)C(=O)/C(=C(\O)c2ccccc2)C1c1ccc2c(c1)OCO2. The molecule has 2 aliphatic heterocycles. The number of ether oxygens (including phenoxy) is 2. The average Bonchev–Trinajstić information content (AvgIpc) is 3.31. The zero-order chi connectivity index (χ0) is 21.3. The van der Waals surface area contributed by atoms with Gasteiger partial charge >= 0.3 is 5.97 Å². The van der Waals surface area contributed by atoms with Gasteiger partial charge < -0.3 is 24.6 Å². The Morgan fingerprint density at radius 1 is 1.03 bits per heavy atom. The first-order valence-corrected chi connectivity index (χ1v) is 9.42. The van der Waals surface area contributed by atoms with E-state index in [0.717, 1.165) is 0 Å². The van der Waals surface area contributed by atoms with Crippen LogP contribution in [0.15, 0.2) is 54.1 Å². The fourth-order valence-electron chi connectivity index (χ4n) is 3.69. The van der Waals surface area contributed by atoms with Crippen LogP contribution in [0.3, 0.4) is 0 Å². The molecule has 1 amide bonds. The van der Waals surface area contributed by atoms with Gasteiger partial charge in [0.15, 0.2) is 11.5 Å². The molecule has 2 aliphatic rings. The van der Waals surface area contributed by atoms with Crippen molar-refractivity contribution in [3.05, 3.63) is 65.2 Å². The van der Waals surface area contributed by atoms with Gasteiger partial charge in [-0.05, 0) is 24.1 Å². The zero-order valence-electron chi connectivity index (χ0n) is 15.9. The molecule has 0 radical (unpaired) electrons. The topological polar surface area (TPSA) is 113 Å². The van der Waals surface area contributed by atoms with Crippen molar-refractivity contribution in [3.8, 4) is 11.5 Å². The number of aliphatic carboxylic acids is 1. The van der Waals surface area contributed by atoms with Crippen LogP contribution >= 0.6 is 0 Å². The van der Waals surface area contributed by atoms with Crippen molar-refractivity contribution < 1.29 is 34.1 Å². The smallest absolute Gasteiger partial charge is 0.303 e. The molecule has 0 aromatic heterocycles. The maximum Gasteiger partial charge on any atom is 0.303 e. The molecule has 1 unspecified atom stereocenters. The highest BCUT2D eigenvalue weighted by atomic mass is 16.7. The molecule has 1 atom stereocenters. The third-order valence-corrected chi connectivity index (χ3v) is 5.09. The van der Waals surface area contributed by atoms with Crippen LogP contribution < -0.4 is 9.47 Å². The molecule has 1 saturated heterocycles. The average molecular weight is 409 g/mol. The summed E-state index contributed by atoms with van der Waals surface area (Å²) >= 11 is 0. The normalized spacial score (nSPS) is 19.3. The summed E-state index contributed by atoms with van der Waals surface area (Å²) in [6.45, 7) is 0.128. The molecule has 0 aliphatic carbocycles. The predicted octanol–water partition coefficient (Wildman–Crippen LogP) is 2.70. The molecule has 2 heterocycles. The van der Waals surface area contributed by atoms with E-state index in [1.807, 2.05) is 0 Å². The maximum atomic E-state index is 12.9. The predicted molar refractivity (Wildman–Crippen MR) is 105 cm³/mol. The number of carboxylic acid groups (broad SMARTS) is 1. The van der Waals surface area contributed by atoms with E-state index in [0.29, 0.717) is 22.6 Å². The summed E-state index contributed by atoms with van der Waals surface area (Å²) in [4.78, 5) is 37.8. The fourth-order valence-corrected chi connectivity index (χ4v) is 3.69. The number of nitrogens with zero attached hydrogens (tertiary/aromatic N) is 1. The van der Waals surface area contributed by atoms with E-state index < -0.39 is 23.7 Å². The monoisotopic (exact) mass is 409 g/mol. The standard InChI is InChI=1S/C22H19NO7/c24-17(25)7-4-10-23-19(14-8-9-15-16(11-14)30-12-29-15)18(21(27)22(23)28)20(26)13-5-2-1-3-6-13/h1-3,5-6,8-9,11,19,26H,4,7,10,12H2,(H,24,25)/b20-18-. The second kappa shape index (κ2) is 7.90. The van der Waals surface area contributed by atoms with Gasteiger partial charge in [-0.2, -0.15) is 0 Å². The number of aliphatic hydroxyl groups is 1. The van der Waals surface area contributed by atoms with Crippen molar-refractivity contribution in [3.63, 3.8) is 0 Å². The van der Waals surface area contributed by atoms with Crippen molar-refractivity contribution in [2.24, 2.45) is 0 Å². The number of likely N-dealkylation sites (tertiary alicyclic amines) is 1. The lowest BCUT2D eigenvalue weighted by atomic mass is 9.95. The zero-order valence-corrected chi connectivity index (χ0v) is 15.9. The number of carbonyl (C=O) groups excluding carboxylic acids is 2. The van der Waals surface area contributed by atoms with Gasteiger partial charge in [-0.15, -0.1) is 0 Å². The van der Waals surface area contributed by atoms with Crippen LogP contribution in [0.5, 0.6) is 11.5 Å². The molecule has 0 spiro atoms. The summed E-state index contributed by atoms with van der Waals surface area (Å²) in [6, 6.07) is 12.7. The molecule has 2 aromatic rings. The van der Waals surface area contributed by atoms with Gasteiger partial charge in [0.25, 0.3) is 11.7 Å². The molecule has 8 heteroatoms. The van der Waals surface area contributed by atoms with E-state index in [9.17, 15) is 19.5 Å². The van der Waals surface area contributed by atoms with Gasteiger partial charge in [-0.1, -0.05) is 36.4 Å². The number of rotatable bonds is 6. The quantitative estimate of drug-likeness (QED) is 0.428. The molecular weight excluding hydrogens is 390 g/mol. The van der Waals surface area contributed by atoms with Crippen LogP contribution in [0.4, 0.5) is 0 Å². The highest BCUT2D eigenvalue weighted by molar-refractivity contribution is 6.46. The molecule has 0 bridgehead atoms. The van der Waals surface area contributed by atoms with E-state index >= 15 is 0 Å². The molecule has 30 heavy (non-hydrogen) atoms. The van der Waals surface area contributed by atoms with Gasteiger partial charge in [0.2, 0.25) is 6.79 Å². The number of hydrogen-bond donors (Lipinski definition) is 2. The molecule has 8 nitrogen and oxygen atoms in total. The summed E-state index contributed by atoms with van der Waals surface area (Å²) in [5.74, 6) is -1.84. The lowest BCUT2D eigenvalue weighted by Crippen LogP contribution is -2.31. The summed E-state index contributed by atoms with van der Waals surface area (Å²) in [5.41, 5.74) is 0.929. The van der Waals surface area contributed by atoms with Gasteiger partial charge in [0, 0.05) is 18.5 Å².